The Labute approximate surface area is 145 Å². The summed E-state index contributed by atoms with van der Waals surface area (Å²) in [6.45, 7) is 1.52. The molecule has 5 nitrogen and oxygen atoms in total. The lowest BCUT2D eigenvalue weighted by Crippen LogP contribution is -2.30. The summed E-state index contributed by atoms with van der Waals surface area (Å²) in [5.41, 5.74) is 3.38. The molecule has 1 N–H and O–H groups in total. The largest absolute Gasteiger partial charge is 0.448 e. The van der Waals surface area contributed by atoms with Gasteiger partial charge in [-0.3, -0.25) is 4.79 Å². The van der Waals surface area contributed by atoms with E-state index in [9.17, 15) is 9.59 Å². The van der Waals surface area contributed by atoms with Gasteiger partial charge in [-0.1, -0.05) is 17.7 Å². The van der Waals surface area contributed by atoms with Gasteiger partial charge in [0.1, 0.15) is 5.69 Å². The van der Waals surface area contributed by atoms with Gasteiger partial charge in [0.05, 0.1) is 0 Å². The first-order valence-electron chi connectivity index (χ1n) is 7.78. The minimum Gasteiger partial charge on any atom is -0.448 e. The van der Waals surface area contributed by atoms with E-state index in [4.69, 9.17) is 16.3 Å². The van der Waals surface area contributed by atoms with Crippen LogP contribution in [0, 0.1) is 0 Å². The summed E-state index contributed by atoms with van der Waals surface area (Å²) >= 11 is 5.81. The molecule has 6 heteroatoms. The van der Waals surface area contributed by atoms with Crippen molar-refractivity contribution < 1.29 is 14.3 Å². The molecule has 1 aromatic heterocycles. The Morgan fingerprint density at radius 3 is 2.79 bits per heavy atom. The monoisotopic (exact) mass is 344 g/mol. The Morgan fingerprint density at radius 2 is 2.00 bits per heavy atom. The lowest BCUT2D eigenvalue weighted by atomic mass is 10.1. The van der Waals surface area contributed by atoms with Gasteiger partial charge in [0.15, 0.2) is 6.10 Å². The van der Waals surface area contributed by atoms with E-state index in [0.29, 0.717) is 10.7 Å². The molecule has 24 heavy (non-hydrogen) atoms. The number of pyridine rings is 1. The fourth-order valence-corrected chi connectivity index (χ4v) is 2.84. The van der Waals surface area contributed by atoms with Crippen molar-refractivity contribution in [3.63, 3.8) is 0 Å². The van der Waals surface area contributed by atoms with Crippen molar-refractivity contribution in [3.05, 3.63) is 58.4 Å². The highest BCUT2D eigenvalue weighted by Gasteiger charge is 2.20. The summed E-state index contributed by atoms with van der Waals surface area (Å²) in [7, 11) is 0. The minimum atomic E-state index is -0.938. The second kappa shape index (κ2) is 7.01. The number of rotatable bonds is 4. The van der Waals surface area contributed by atoms with Crippen LogP contribution in [0.15, 0.2) is 36.5 Å². The van der Waals surface area contributed by atoms with Gasteiger partial charge < -0.3 is 10.1 Å². The Bertz CT molecular complexity index is 792. The predicted molar refractivity (Wildman–Crippen MR) is 91.2 cm³/mol. The molecular weight excluding hydrogens is 328 g/mol. The number of carbonyl (C=O) groups excluding carboxylic acids is 2. The van der Waals surface area contributed by atoms with E-state index >= 15 is 0 Å². The third-order valence-electron chi connectivity index (χ3n) is 3.95. The third kappa shape index (κ3) is 3.74. The maximum atomic E-state index is 12.2. The molecule has 1 heterocycles. The molecule has 2 aromatic rings. The molecule has 0 unspecified atom stereocenters. The molecule has 1 amide bonds. The summed E-state index contributed by atoms with van der Waals surface area (Å²) in [5, 5.41) is 3.16. The number of nitrogens with one attached hydrogen (secondary N) is 1. The molecular formula is C18H17ClN2O3. The number of fused-ring (bicyclic) bond motifs is 1. The third-order valence-corrected chi connectivity index (χ3v) is 4.19. The summed E-state index contributed by atoms with van der Waals surface area (Å²) < 4.78 is 5.15. The number of carbonyl (C=O) groups is 2. The molecule has 0 saturated carbocycles. The second-order valence-electron chi connectivity index (χ2n) is 5.73. The van der Waals surface area contributed by atoms with E-state index in [1.807, 2.05) is 18.2 Å². The molecule has 124 valence electrons. The smallest absolute Gasteiger partial charge is 0.357 e. The Kier molecular flexibility index (Phi) is 4.81. The van der Waals surface area contributed by atoms with Crippen molar-refractivity contribution in [3.8, 4) is 0 Å². The lowest BCUT2D eigenvalue weighted by Gasteiger charge is -2.14. The molecule has 0 saturated heterocycles. The van der Waals surface area contributed by atoms with E-state index < -0.39 is 12.1 Å². The van der Waals surface area contributed by atoms with Crippen molar-refractivity contribution in [1.82, 2.24) is 4.98 Å². The number of amides is 1. The summed E-state index contributed by atoms with van der Waals surface area (Å²) in [4.78, 5) is 28.1. The normalized spacial score (nSPS) is 13.9. The minimum absolute atomic E-state index is 0.0691. The zero-order valence-corrected chi connectivity index (χ0v) is 14.0. The Balaban J connectivity index is 1.61. The highest BCUT2D eigenvalue weighted by atomic mass is 35.5. The quantitative estimate of drug-likeness (QED) is 0.863. The van der Waals surface area contributed by atoms with E-state index in [1.54, 1.807) is 6.07 Å². The molecule has 1 aliphatic rings. The van der Waals surface area contributed by atoms with E-state index in [-0.39, 0.29) is 11.6 Å². The van der Waals surface area contributed by atoms with Crippen LogP contribution >= 0.6 is 11.6 Å². The van der Waals surface area contributed by atoms with E-state index in [0.717, 1.165) is 19.3 Å². The van der Waals surface area contributed by atoms with Crippen LogP contribution in [-0.2, 0) is 22.4 Å². The number of benzene rings is 1. The van der Waals surface area contributed by atoms with Gasteiger partial charge in [0.2, 0.25) is 0 Å². The van der Waals surface area contributed by atoms with Crippen LogP contribution < -0.4 is 5.32 Å². The molecule has 1 aliphatic carbocycles. The maximum Gasteiger partial charge on any atom is 0.357 e. The number of hydrogen-bond acceptors (Lipinski definition) is 4. The number of nitrogens with zero attached hydrogens (tertiary/aromatic N) is 1. The van der Waals surface area contributed by atoms with Gasteiger partial charge >= 0.3 is 5.97 Å². The Hall–Kier alpha value is -2.40. The lowest BCUT2D eigenvalue weighted by molar-refractivity contribution is -0.123. The fourth-order valence-electron chi connectivity index (χ4n) is 2.68. The SMILES string of the molecule is C[C@H](OC(=O)c1cc(Cl)ccn1)C(=O)Nc1ccc2c(c1)CCC2. The number of aromatic nitrogens is 1. The van der Waals surface area contributed by atoms with Crippen LogP contribution in [0.1, 0.15) is 35.0 Å². The highest BCUT2D eigenvalue weighted by Crippen LogP contribution is 2.25. The van der Waals surface area contributed by atoms with Crippen LogP contribution in [-0.4, -0.2) is 23.0 Å². The number of anilines is 1. The summed E-state index contributed by atoms with van der Waals surface area (Å²) in [6.07, 6.45) is 3.74. The summed E-state index contributed by atoms with van der Waals surface area (Å²) in [6, 6.07) is 8.84. The van der Waals surface area contributed by atoms with Gasteiger partial charge in [-0.25, -0.2) is 9.78 Å². The average Bonchev–Trinajstić information content (AvgIpc) is 3.02. The molecule has 0 radical (unpaired) electrons. The average molecular weight is 345 g/mol. The topological polar surface area (TPSA) is 68.3 Å². The molecule has 1 aromatic carbocycles. The van der Waals surface area contributed by atoms with E-state index in [2.05, 4.69) is 10.3 Å². The molecule has 1 atom stereocenters. The number of aryl methyl sites for hydroxylation is 2. The van der Waals surface area contributed by atoms with Crippen molar-refractivity contribution in [1.29, 1.82) is 0 Å². The molecule has 0 bridgehead atoms. The highest BCUT2D eigenvalue weighted by molar-refractivity contribution is 6.30. The van der Waals surface area contributed by atoms with Crippen molar-refractivity contribution in [2.45, 2.75) is 32.3 Å². The van der Waals surface area contributed by atoms with Crippen LogP contribution in [0.4, 0.5) is 5.69 Å². The molecule has 3 rings (SSSR count). The van der Waals surface area contributed by atoms with Crippen LogP contribution in [0.5, 0.6) is 0 Å². The van der Waals surface area contributed by atoms with Gasteiger partial charge in [-0.15, -0.1) is 0 Å². The first-order valence-corrected chi connectivity index (χ1v) is 8.16. The standard InChI is InChI=1S/C18H17ClN2O3/c1-11(24-18(23)16-10-14(19)7-8-20-16)17(22)21-15-6-5-12-3-2-4-13(12)9-15/h5-11H,2-4H2,1H3,(H,21,22)/t11-/m0/s1. The Morgan fingerprint density at radius 1 is 1.21 bits per heavy atom. The summed E-state index contributed by atoms with van der Waals surface area (Å²) in [5.74, 6) is -1.07. The van der Waals surface area contributed by atoms with Crippen molar-refractivity contribution in [2.24, 2.45) is 0 Å². The molecule has 0 spiro atoms. The number of hydrogen-bond donors (Lipinski definition) is 1. The first kappa shape index (κ1) is 16.5. The van der Waals surface area contributed by atoms with Crippen molar-refractivity contribution >= 4 is 29.2 Å². The number of halogens is 1. The zero-order valence-electron chi connectivity index (χ0n) is 13.2. The first-order chi connectivity index (χ1) is 11.5. The van der Waals surface area contributed by atoms with Crippen LogP contribution in [0.25, 0.3) is 0 Å². The van der Waals surface area contributed by atoms with Gasteiger partial charge in [-0.05, 0) is 61.6 Å². The van der Waals surface area contributed by atoms with Crippen LogP contribution in [0.3, 0.4) is 0 Å². The fraction of sp³-hybridized carbons (Fsp3) is 0.278. The van der Waals surface area contributed by atoms with Gasteiger partial charge in [0, 0.05) is 16.9 Å². The zero-order chi connectivity index (χ0) is 17.1. The van der Waals surface area contributed by atoms with Crippen LogP contribution in [0.2, 0.25) is 5.02 Å². The number of ether oxygens (including phenoxy) is 1. The molecule has 0 aliphatic heterocycles. The van der Waals surface area contributed by atoms with E-state index in [1.165, 1.54) is 30.3 Å². The molecule has 0 fully saturated rings. The maximum absolute atomic E-state index is 12.2. The van der Waals surface area contributed by atoms with Gasteiger partial charge in [0.25, 0.3) is 5.91 Å². The second-order valence-corrected chi connectivity index (χ2v) is 6.17. The van der Waals surface area contributed by atoms with Crippen molar-refractivity contribution in [2.75, 3.05) is 5.32 Å². The number of esters is 1. The predicted octanol–water partition coefficient (Wildman–Crippen LogP) is 3.41. The van der Waals surface area contributed by atoms with Gasteiger partial charge in [-0.2, -0.15) is 0 Å².